The summed E-state index contributed by atoms with van der Waals surface area (Å²) in [7, 11) is 1.19. The van der Waals surface area contributed by atoms with E-state index >= 15 is 0 Å². The molecule has 1 aliphatic heterocycles. The fourth-order valence-corrected chi connectivity index (χ4v) is 3.44. The lowest BCUT2D eigenvalue weighted by atomic mass is 10.0. The van der Waals surface area contributed by atoms with Gasteiger partial charge in [0.2, 0.25) is 0 Å². The Bertz CT molecular complexity index is 1130. The van der Waals surface area contributed by atoms with Crippen molar-refractivity contribution in [3.05, 3.63) is 76.5 Å². The van der Waals surface area contributed by atoms with Crippen LogP contribution in [0.4, 0.5) is 4.79 Å². The van der Waals surface area contributed by atoms with Gasteiger partial charge in [-0.2, -0.15) is 0 Å². The topological polar surface area (TPSA) is 94.2 Å². The number of carbonyl (C=O) groups excluding carboxylic acids is 3. The summed E-state index contributed by atoms with van der Waals surface area (Å²) in [6, 6.07) is 10.2. The van der Waals surface area contributed by atoms with E-state index in [0.717, 1.165) is 16.0 Å². The van der Waals surface area contributed by atoms with Crippen molar-refractivity contribution in [1.29, 1.82) is 0 Å². The van der Waals surface area contributed by atoms with Gasteiger partial charge in [-0.15, -0.1) is 6.58 Å². The fourth-order valence-electron chi connectivity index (χ4n) is 3.31. The molecular formula is C25H25ClN2O6. The number of imide groups is 1. The summed E-state index contributed by atoms with van der Waals surface area (Å²) in [5.74, 6) is -0.264. The Morgan fingerprint density at radius 3 is 2.56 bits per heavy atom. The van der Waals surface area contributed by atoms with E-state index in [2.05, 4.69) is 16.6 Å². The lowest BCUT2D eigenvalue weighted by Gasteiger charge is -2.17. The van der Waals surface area contributed by atoms with Crippen molar-refractivity contribution < 1.29 is 28.6 Å². The van der Waals surface area contributed by atoms with E-state index in [1.807, 2.05) is 25.1 Å². The van der Waals surface area contributed by atoms with E-state index in [0.29, 0.717) is 41.7 Å². The van der Waals surface area contributed by atoms with Crippen LogP contribution in [0.25, 0.3) is 6.08 Å². The standard InChI is InChI=1S/C25H25ClN2O6/c1-4-6-18-11-17(12-20-24(30)28(25(31)27-20)14-22(29)32-3)13-21(33-5-2)23(18)34-15-16-7-9-19(26)10-8-16/h4,7-13H,1,5-6,14-15H2,2-3H3,(H,27,31)/b20-12+. The van der Waals surface area contributed by atoms with Crippen molar-refractivity contribution in [1.82, 2.24) is 10.2 Å². The highest BCUT2D eigenvalue weighted by atomic mass is 35.5. The number of halogens is 1. The molecule has 178 valence electrons. The summed E-state index contributed by atoms with van der Waals surface area (Å²) in [6.45, 7) is 5.90. The van der Waals surface area contributed by atoms with Crippen molar-refractivity contribution in [2.24, 2.45) is 0 Å². The first-order valence-electron chi connectivity index (χ1n) is 10.6. The third-order valence-corrected chi connectivity index (χ3v) is 5.15. The van der Waals surface area contributed by atoms with Crippen LogP contribution in [0.2, 0.25) is 5.02 Å². The van der Waals surface area contributed by atoms with E-state index in [9.17, 15) is 14.4 Å². The van der Waals surface area contributed by atoms with Crippen LogP contribution in [-0.2, 0) is 27.4 Å². The first-order chi connectivity index (χ1) is 16.4. The predicted molar refractivity (Wildman–Crippen MR) is 128 cm³/mol. The molecule has 8 nitrogen and oxygen atoms in total. The monoisotopic (exact) mass is 484 g/mol. The van der Waals surface area contributed by atoms with Gasteiger partial charge in [0.25, 0.3) is 5.91 Å². The zero-order valence-electron chi connectivity index (χ0n) is 18.9. The summed E-state index contributed by atoms with van der Waals surface area (Å²) in [5, 5.41) is 3.13. The number of allylic oxidation sites excluding steroid dienone is 1. The molecule has 0 saturated carbocycles. The fraction of sp³-hybridized carbons (Fsp3) is 0.240. The van der Waals surface area contributed by atoms with E-state index in [1.54, 1.807) is 24.3 Å². The number of esters is 1. The summed E-state index contributed by atoms with van der Waals surface area (Å²) in [4.78, 5) is 37.1. The third kappa shape index (κ3) is 5.96. The molecule has 1 fully saturated rings. The van der Waals surface area contributed by atoms with Crippen LogP contribution in [0.5, 0.6) is 11.5 Å². The molecular weight excluding hydrogens is 460 g/mol. The smallest absolute Gasteiger partial charge is 0.329 e. The number of nitrogens with one attached hydrogen (secondary N) is 1. The average Bonchev–Trinajstić information content (AvgIpc) is 3.07. The zero-order chi connectivity index (χ0) is 24.7. The van der Waals surface area contributed by atoms with E-state index in [-0.39, 0.29) is 5.70 Å². The summed E-state index contributed by atoms with van der Waals surface area (Å²) >= 11 is 5.96. The number of amides is 3. The van der Waals surface area contributed by atoms with Crippen molar-refractivity contribution in [3.63, 3.8) is 0 Å². The molecule has 3 rings (SSSR count). The van der Waals surface area contributed by atoms with Gasteiger partial charge in [-0.05, 0) is 54.8 Å². The molecule has 2 aromatic carbocycles. The van der Waals surface area contributed by atoms with E-state index < -0.39 is 24.5 Å². The van der Waals surface area contributed by atoms with Crippen molar-refractivity contribution >= 4 is 35.6 Å². The maximum Gasteiger partial charge on any atom is 0.329 e. The molecule has 2 aromatic rings. The number of rotatable bonds is 10. The number of hydrogen-bond donors (Lipinski definition) is 1. The van der Waals surface area contributed by atoms with Crippen LogP contribution < -0.4 is 14.8 Å². The number of nitrogens with zero attached hydrogens (tertiary/aromatic N) is 1. The Hall–Kier alpha value is -3.78. The molecule has 0 bridgehead atoms. The van der Waals surface area contributed by atoms with Crippen molar-refractivity contribution in [2.45, 2.75) is 20.0 Å². The molecule has 0 spiro atoms. The molecule has 1 heterocycles. The van der Waals surface area contributed by atoms with Crippen LogP contribution in [0.15, 0.2) is 54.8 Å². The highest BCUT2D eigenvalue weighted by Crippen LogP contribution is 2.35. The Morgan fingerprint density at radius 2 is 1.91 bits per heavy atom. The quantitative estimate of drug-likeness (QED) is 0.236. The van der Waals surface area contributed by atoms with Crippen LogP contribution in [0.1, 0.15) is 23.6 Å². The maximum atomic E-state index is 12.6. The number of methoxy groups -OCH3 is 1. The molecule has 0 atom stereocenters. The predicted octanol–water partition coefficient (Wildman–Crippen LogP) is 4.11. The minimum absolute atomic E-state index is 0.0377. The van der Waals surface area contributed by atoms with Crippen LogP contribution >= 0.6 is 11.6 Å². The minimum Gasteiger partial charge on any atom is -0.490 e. The second kappa shape index (κ2) is 11.4. The number of carbonyl (C=O) groups is 3. The number of benzene rings is 2. The van der Waals surface area contributed by atoms with Crippen LogP contribution in [-0.4, -0.2) is 43.1 Å². The highest BCUT2D eigenvalue weighted by molar-refractivity contribution is 6.30. The Labute approximate surface area is 202 Å². The minimum atomic E-state index is -0.696. The Balaban J connectivity index is 1.92. The normalized spacial score (nSPS) is 14.2. The SMILES string of the molecule is C=CCc1cc(/C=C2/NC(=O)N(CC(=O)OC)C2=O)cc(OCC)c1OCc1ccc(Cl)cc1. The first-order valence-corrected chi connectivity index (χ1v) is 10.9. The molecule has 1 saturated heterocycles. The molecule has 0 aliphatic carbocycles. The number of urea groups is 1. The molecule has 0 unspecified atom stereocenters. The van der Waals surface area contributed by atoms with Gasteiger partial charge in [0, 0.05) is 10.6 Å². The van der Waals surface area contributed by atoms with E-state index in [1.165, 1.54) is 13.2 Å². The summed E-state index contributed by atoms with van der Waals surface area (Å²) in [6.07, 6.45) is 3.75. The van der Waals surface area contributed by atoms with E-state index in [4.69, 9.17) is 21.1 Å². The zero-order valence-corrected chi connectivity index (χ0v) is 19.7. The third-order valence-electron chi connectivity index (χ3n) is 4.90. The molecule has 0 radical (unpaired) electrons. The molecule has 0 aromatic heterocycles. The Kier molecular flexibility index (Phi) is 8.32. The van der Waals surface area contributed by atoms with Crippen molar-refractivity contribution in [3.8, 4) is 11.5 Å². The highest BCUT2D eigenvalue weighted by Gasteiger charge is 2.35. The van der Waals surface area contributed by atoms with Crippen molar-refractivity contribution in [2.75, 3.05) is 20.3 Å². The number of hydrogen-bond acceptors (Lipinski definition) is 6. The second-order valence-corrected chi connectivity index (χ2v) is 7.74. The number of ether oxygens (including phenoxy) is 3. The summed E-state index contributed by atoms with van der Waals surface area (Å²) < 4.78 is 16.5. The largest absolute Gasteiger partial charge is 0.490 e. The Morgan fingerprint density at radius 1 is 1.18 bits per heavy atom. The molecule has 9 heteroatoms. The van der Waals surface area contributed by atoms with Crippen LogP contribution in [0.3, 0.4) is 0 Å². The van der Waals surface area contributed by atoms with Gasteiger partial charge in [-0.1, -0.05) is 29.8 Å². The van der Waals surface area contributed by atoms with Crippen LogP contribution in [0, 0.1) is 0 Å². The molecule has 34 heavy (non-hydrogen) atoms. The molecule has 3 amide bonds. The van der Waals surface area contributed by atoms with Gasteiger partial charge >= 0.3 is 12.0 Å². The molecule has 1 N–H and O–H groups in total. The lowest BCUT2D eigenvalue weighted by molar-refractivity contribution is -0.143. The van der Waals surface area contributed by atoms with Gasteiger partial charge in [0.1, 0.15) is 18.8 Å². The van der Waals surface area contributed by atoms with Gasteiger partial charge in [-0.3, -0.25) is 9.59 Å². The summed E-state index contributed by atoms with van der Waals surface area (Å²) in [5.41, 5.74) is 2.39. The first kappa shape index (κ1) is 24.9. The molecule has 1 aliphatic rings. The van der Waals surface area contributed by atoms with Gasteiger partial charge in [0.05, 0.1) is 13.7 Å². The van der Waals surface area contributed by atoms with Gasteiger partial charge in [0.15, 0.2) is 11.5 Å². The lowest BCUT2D eigenvalue weighted by Crippen LogP contribution is -2.36. The second-order valence-electron chi connectivity index (χ2n) is 7.30. The average molecular weight is 485 g/mol. The van der Waals surface area contributed by atoms with Gasteiger partial charge < -0.3 is 19.5 Å². The van der Waals surface area contributed by atoms with Gasteiger partial charge in [-0.25, -0.2) is 9.69 Å². The maximum absolute atomic E-state index is 12.6.